The van der Waals surface area contributed by atoms with E-state index >= 15 is 0 Å². The van der Waals surface area contributed by atoms with Crippen molar-refractivity contribution in [3.05, 3.63) is 71.0 Å². The van der Waals surface area contributed by atoms with E-state index in [1.807, 2.05) is 6.07 Å². The number of benzene rings is 3. The van der Waals surface area contributed by atoms with Gasteiger partial charge in [0.2, 0.25) is 17.3 Å². The van der Waals surface area contributed by atoms with Gasteiger partial charge in [0, 0.05) is 10.9 Å². The molecule has 1 aromatic heterocycles. The average Bonchev–Trinajstić information content (AvgIpc) is 3.23. The number of phenols is 1. The zero-order chi connectivity index (χ0) is 21.0. The quantitative estimate of drug-likeness (QED) is 0.488. The second-order valence-corrected chi connectivity index (χ2v) is 6.77. The summed E-state index contributed by atoms with van der Waals surface area (Å²) in [7, 11) is 2.86. The molecule has 0 bridgehead atoms. The molecule has 7 heteroatoms. The predicted octanol–water partition coefficient (Wildman–Crippen LogP) is 3.99. The molecule has 0 radical (unpaired) electrons. The molecule has 5 rings (SSSR count). The van der Waals surface area contributed by atoms with Crippen LogP contribution in [0.3, 0.4) is 0 Å². The summed E-state index contributed by atoms with van der Waals surface area (Å²) in [6.07, 6.45) is 0. The molecule has 148 valence electrons. The molecule has 0 fully saturated rings. The van der Waals surface area contributed by atoms with Crippen LogP contribution in [-0.2, 0) is 0 Å². The zero-order valence-corrected chi connectivity index (χ0v) is 16.1. The maximum atomic E-state index is 13.5. The van der Waals surface area contributed by atoms with Crippen molar-refractivity contribution in [1.29, 1.82) is 0 Å². The van der Waals surface area contributed by atoms with E-state index in [-0.39, 0.29) is 39.6 Å². The minimum atomic E-state index is -0.589. The first-order valence-electron chi connectivity index (χ1n) is 9.12. The SMILES string of the molecule is COc1cccc2c(O)c3c(c(OC)c12)C(=O)c1onc(-c2ccccc2)c1C3=O. The third kappa shape index (κ3) is 2.23. The fourth-order valence-corrected chi connectivity index (χ4v) is 3.95. The molecule has 3 aromatic carbocycles. The third-order valence-corrected chi connectivity index (χ3v) is 5.27. The Morgan fingerprint density at radius 2 is 1.63 bits per heavy atom. The Kier molecular flexibility index (Phi) is 3.86. The van der Waals surface area contributed by atoms with Crippen LogP contribution >= 0.6 is 0 Å². The zero-order valence-electron chi connectivity index (χ0n) is 16.1. The molecule has 0 spiro atoms. The minimum Gasteiger partial charge on any atom is -0.506 e. The molecule has 0 aliphatic heterocycles. The molecule has 0 saturated heterocycles. The van der Waals surface area contributed by atoms with Crippen molar-refractivity contribution in [2.24, 2.45) is 0 Å². The molecular formula is C23H15NO6. The lowest BCUT2D eigenvalue weighted by atomic mass is 9.83. The van der Waals surface area contributed by atoms with Gasteiger partial charge in [-0.25, -0.2) is 0 Å². The molecule has 0 saturated carbocycles. The highest BCUT2D eigenvalue weighted by Crippen LogP contribution is 2.48. The highest BCUT2D eigenvalue weighted by molar-refractivity contribution is 6.33. The topological polar surface area (TPSA) is 98.9 Å². The van der Waals surface area contributed by atoms with E-state index in [4.69, 9.17) is 14.0 Å². The van der Waals surface area contributed by atoms with Crippen LogP contribution in [-0.4, -0.2) is 36.0 Å². The van der Waals surface area contributed by atoms with Crippen molar-refractivity contribution >= 4 is 22.3 Å². The van der Waals surface area contributed by atoms with E-state index in [1.165, 1.54) is 14.2 Å². The lowest BCUT2D eigenvalue weighted by molar-refractivity contribution is 0.0950. The largest absolute Gasteiger partial charge is 0.506 e. The fraction of sp³-hybridized carbons (Fsp3) is 0.0870. The Morgan fingerprint density at radius 3 is 2.33 bits per heavy atom. The summed E-state index contributed by atoms with van der Waals surface area (Å²) in [5.41, 5.74) is 0.698. The number of methoxy groups -OCH3 is 2. The van der Waals surface area contributed by atoms with Crippen LogP contribution < -0.4 is 9.47 Å². The summed E-state index contributed by atoms with van der Waals surface area (Å²) in [5, 5.41) is 15.7. The van der Waals surface area contributed by atoms with E-state index in [0.29, 0.717) is 22.1 Å². The standard InChI is InChI=1S/C23H15NO6/c1-28-13-10-6-9-12-14(13)22(29-2)16-15(19(12)25)20(26)17-18(11-7-4-3-5-8-11)24-30-23(17)21(16)27/h3-10,25H,1-2H3. The summed E-state index contributed by atoms with van der Waals surface area (Å²) in [5.74, 6) is -1.11. The number of nitrogens with zero attached hydrogens (tertiary/aromatic N) is 1. The predicted molar refractivity (Wildman–Crippen MR) is 108 cm³/mol. The number of phenolic OH excluding ortho intramolecular Hbond substituents is 1. The van der Waals surface area contributed by atoms with E-state index in [9.17, 15) is 14.7 Å². The van der Waals surface area contributed by atoms with Gasteiger partial charge in [-0.05, 0) is 6.07 Å². The molecule has 30 heavy (non-hydrogen) atoms. The van der Waals surface area contributed by atoms with Gasteiger partial charge in [0.05, 0.1) is 30.7 Å². The summed E-state index contributed by atoms with van der Waals surface area (Å²) >= 11 is 0. The van der Waals surface area contributed by atoms with Gasteiger partial charge in [0.15, 0.2) is 0 Å². The van der Waals surface area contributed by atoms with Crippen molar-refractivity contribution in [2.75, 3.05) is 14.2 Å². The number of ketones is 2. The number of ether oxygens (including phenoxy) is 2. The number of aromatic nitrogens is 1. The Hall–Kier alpha value is -4.13. The van der Waals surface area contributed by atoms with Crippen molar-refractivity contribution in [3.63, 3.8) is 0 Å². The number of carbonyl (C=O) groups excluding carboxylic acids is 2. The smallest absolute Gasteiger partial charge is 0.236 e. The van der Waals surface area contributed by atoms with Crippen molar-refractivity contribution in [3.8, 4) is 28.5 Å². The molecule has 7 nitrogen and oxygen atoms in total. The number of carbonyl (C=O) groups is 2. The normalized spacial score (nSPS) is 12.6. The molecule has 1 aliphatic rings. The second kappa shape index (κ2) is 6.45. The third-order valence-electron chi connectivity index (χ3n) is 5.27. The van der Waals surface area contributed by atoms with E-state index in [1.54, 1.807) is 42.5 Å². The lowest BCUT2D eigenvalue weighted by Gasteiger charge is -2.21. The molecule has 0 unspecified atom stereocenters. The summed E-state index contributed by atoms with van der Waals surface area (Å²) in [6, 6.07) is 13.9. The van der Waals surface area contributed by atoms with Gasteiger partial charge in [-0.3, -0.25) is 9.59 Å². The molecule has 0 atom stereocenters. The summed E-state index contributed by atoms with van der Waals surface area (Å²) in [4.78, 5) is 26.9. The monoisotopic (exact) mass is 401 g/mol. The highest BCUT2D eigenvalue weighted by Gasteiger charge is 2.42. The lowest BCUT2D eigenvalue weighted by Crippen LogP contribution is -2.21. The van der Waals surface area contributed by atoms with Crippen LogP contribution in [0.2, 0.25) is 0 Å². The number of fused-ring (bicyclic) bond motifs is 3. The Morgan fingerprint density at radius 1 is 0.867 bits per heavy atom. The van der Waals surface area contributed by atoms with Crippen LogP contribution in [0.15, 0.2) is 53.1 Å². The van der Waals surface area contributed by atoms with Crippen molar-refractivity contribution in [2.45, 2.75) is 0 Å². The molecular weight excluding hydrogens is 386 g/mol. The van der Waals surface area contributed by atoms with Gasteiger partial charge < -0.3 is 19.1 Å². The number of hydrogen-bond donors (Lipinski definition) is 1. The van der Waals surface area contributed by atoms with E-state index < -0.39 is 11.6 Å². The van der Waals surface area contributed by atoms with Gasteiger partial charge in [0.1, 0.15) is 28.5 Å². The highest BCUT2D eigenvalue weighted by atomic mass is 16.5. The molecule has 1 N–H and O–H groups in total. The van der Waals surface area contributed by atoms with E-state index in [0.717, 1.165) is 0 Å². The number of rotatable bonds is 3. The first-order chi connectivity index (χ1) is 14.6. The van der Waals surface area contributed by atoms with Gasteiger partial charge in [-0.15, -0.1) is 0 Å². The average molecular weight is 401 g/mol. The minimum absolute atomic E-state index is 0.0262. The Balaban J connectivity index is 1.87. The fourth-order valence-electron chi connectivity index (χ4n) is 3.95. The molecule has 1 aliphatic carbocycles. The Bertz CT molecular complexity index is 1350. The second-order valence-electron chi connectivity index (χ2n) is 6.77. The van der Waals surface area contributed by atoms with Crippen LogP contribution in [0.5, 0.6) is 17.2 Å². The molecule has 4 aromatic rings. The molecule has 1 heterocycles. The van der Waals surface area contributed by atoms with Gasteiger partial charge in [0.25, 0.3) is 0 Å². The molecule has 0 amide bonds. The van der Waals surface area contributed by atoms with E-state index in [2.05, 4.69) is 5.16 Å². The van der Waals surface area contributed by atoms with Crippen molar-refractivity contribution in [1.82, 2.24) is 5.16 Å². The number of aromatic hydroxyl groups is 1. The van der Waals surface area contributed by atoms with Crippen LogP contribution in [0.4, 0.5) is 0 Å². The van der Waals surface area contributed by atoms with Crippen LogP contribution in [0, 0.1) is 0 Å². The first-order valence-corrected chi connectivity index (χ1v) is 9.12. The maximum Gasteiger partial charge on any atom is 0.236 e. The van der Waals surface area contributed by atoms with Crippen molar-refractivity contribution < 1.29 is 28.7 Å². The van der Waals surface area contributed by atoms with Crippen LogP contribution in [0.25, 0.3) is 22.0 Å². The van der Waals surface area contributed by atoms with Crippen LogP contribution in [0.1, 0.15) is 32.0 Å². The van der Waals surface area contributed by atoms with Gasteiger partial charge >= 0.3 is 0 Å². The van der Waals surface area contributed by atoms with Gasteiger partial charge in [-0.2, -0.15) is 0 Å². The summed E-state index contributed by atoms with van der Waals surface area (Å²) < 4.78 is 16.2. The number of hydrogen-bond acceptors (Lipinski definition) is 7. The first kappa shape index (κ1) is 17.9. The summed E-state index contributed by atoms with van der Waals surface area (Å²) in [6.45, 7) is 0. The maximum absolute atomic E-state index is 13.5. The Labute approximate surface area is 170 Å². The van der Waals surface area contributed by atoms with Gasteiger partial charge in [-0.1, -0.05) is 47.6 Å².